The fourth-order valence-electron chi connectivity index (χ4n) is 4.50. The number of nitrogens with zero attached hydrogens (tertiary/aromatic N) is 1. The third-order valence-corrected chi connectivity index (χ3v) is 6.16. The Balaban J connectivity index is 1.64. The fourth-order valence-corrected chi connectivity index (χ4v) is 4.50. The van der Waals surface area contributed by atoms with Crippen molar-refractivity contribution in [1.29, 1.82) is 0 Å². The van der Waals surface area contributed by atoms with Gasteiger partial charge in [-0.2, -0.15) is 0 Å². The van der Waals surface area contributed by atoms with Crippen LogP contribution < -0.4 is 15.0 Å². The Kier molecular flexibility index (Phi) is 6.40. The minimum absolute atomic E-state index is 0.0549. The second-order valence-corrected chi connectivity index (χ2v) is 8.31. The van der Waals surface area contributed by atoms with Crippen LogP contribution in [0.1, 0.15) is 51.0 Å². The van der Waals surface area contributed by atoms with Gasteiger partial charge in [0.1, 0.15) is 5.75 Å². The normalized spacial score (nSPS) is 21.7. The first-order valence-electron chi connectivity index (χ1n) is 11.2. The molecule has 31 heavy (non-hydrogen) atoms. The van der Waals surface area contributed by atoms with Crippen LogP contribution in [0.2, 0.25) is 0 Å². The molecule has 1 unspecified atom stereocenters. The van der Waals surface area contributed by atoms with E-state index in [-0.39, 0.29) is 24.3 Å². The Morgan fingerprint density at radius 3 is 2.45 bits per heavy atom. The molecule has 1 saturated heterocycles. The van der Waals surface area contributed by atoms with Gasteiger partial charge in [0.25, 0.3) is 5.91 Å². The summed E-state index contributed by atoms with van der Waals surface area (Å²) in [4.78, 5) is 27.9. The summed E-state index contributed by atoms with van der Waals surface area (Å²) in [6.45, 7) is 2.51. The molecule has 1 atom stereocenters. The maximum Gasteiger partial charge on any atom is 0.251 e. The summed E-state index contributed by atoms with van der Waals surface area (Å²) in [7, 11) is 0. The van der Waals surface area contributed by atoms with Gasteiger partial charge in [0.2, 0.25) is 5.91 Å². The molecule has 162 valence electrons. The molecule has 4 rings (SSSR count). The van der Waals surface area contributed by atoms with Gasteiger partial charge in [0.15, 0.2) is 5.54 Å². The first-order valence-corrected chi connectivity index (χ1v) is 11.2. The third kappa shape index (κ3) is 4.50. The first-order chi connectivity index (χ1) is 15.1. The van der Waals surface area contributed by atoms with Crippen molar-refractivity contribution >= 4 is 23.6 Å². The smallest absolute Gasteiger partial charge is 0.251 e. The van der Waals surface area contributed by atoms with Gasteiger partial charge in [-0.15, -0.1) is 0 Å². The van der Waals surface area contributed by atoms with Gasteiger partial charge in [-0.3, -0.25) is 14.5 Å². The molecule has 0 spiro atoms. The molecule has 2 aromatic rings. The van der Waals surface area contributed by atoms with Crippen molar-refractivity contribution in [3.05, 3.63) is 66.2 Å². The number of β-lactam (4-membered cyclic amide) rings is 1. The highest BCUT2D eigenvalue weighted by atomic mass is 16.5. The standard InChI is InChI=1S/C26H30N2O3/c1-2-31-23-15-13-22(14-16-23)28-24(29)19-26(28,18-17-20-9-5-3-6-10-20)25(30)27-21-11-7-4-8-12-21/h3,5-6,9-10,13-18,21H,2,4,7-8,11-12,19H2,1H3,(H,27,30)/b18-17+. The van der Waals surface area contributed by atoms with E-state index in [1.165, 1.54) is 6.42 Å². The molecule has 1 aliphatic carbocycles. The summed E-state index contributed by atoms with van der Waals surface area (Å²) in [5.41, 5.74) is 0.687. The lowest BCUT2D eigenvalue weighted by atomic mass is 9.80. The maximum absolute atomic E-state index is 13.6. The van der Waals surface area contributed by atoms with Crippen LogP contribution in [-0.4, -0.2) is 30.0 Å². The first kappa shape index (κ1) is 21.2. The molecule has 1 N–H and O–H groups in total. The van der Waals surface area contributed by atoms with Gasteiger partial charge >= 0.3 is 0 Å². The number of carbonyl (C=O) groups excluding carboxylic acids is 2. The lowest BCUT2D eigenvalue weighted by Gasteiger charge is -2.49. The fraction of sp³-hybridized carbons (Fsp3) is 0.385. The quantitative estimate of drug-likeness (QED) is 0.662. The van der Waals surface area contributed by atoms with Crippen LogP contribution in [0.15, 0.2) is 60.7 Å². The van der Waals surface area contributed by atoms with Gasteiger partial charge < -0.3 is 10.1 Å². The predicted octanol–water partition coefficient (Wildman–Crippen LogP) is 4.72. The van der Waals surface area contributed by atoms with E-state index in [0.717, 1.165) is 37.0 Å². The molecule has 0 bridgehead atoms. The summed E-state index contributed by atoms with van der Waals surface area (Å²) >= 11 is 0. The Morgan fingerprint density at radius 2 is 1.81 bits per heavy atom. The van der Waals surface area contributed by atoms with Crippen LogP contribution in [0.4, 0.5) is 5.69 Å². The van der Waals surface area contributed by atoms with Gasteiger partial charge in [-0.1, -0.05) is 55.7 Å². The lowest BCUT2D eigenvalue weighted by Crippen LogP contribution is -2.70. The van der Waals surface area contributed by atoms with E-state index < -0.39 is 5.54 Å². The molecule has 2 amide bonds. The SMILES string of the molecule is CCOc1ccc(N2C(=O)CC2(/C=C/c2ccccc2)C(=O)NC2CCCCC2)cc1. The zero-order valence-corrected chi connectivity index (χ0v) is 18.0. The summed E-state index contributed by atoms with van der Waals surface area (Å²) in [5.74, 6) is 0.594. The van der Waals surface area contributed by atoms with E-state index >= 15 is 0 Å². The predicted molar refractivity (Wildman–Crippen MR) is 123 cm³/mol. The topological polar surface area (TPSA) is 58.6 Å². The number of anilines is 1. The third-order valence-electron chi connectivity index (χ3n) is 6.16. The zero-order chi connectivity index (χ0) is 21.7. The van der Waals surface area contributed by atoms with Crippen LogP contribution in [0.5, 0.6) is 5.75 Å². The van der Waals surface area contributed by atoms with Gasteiger partial charge in [-0.05, 0) is 55.7 Å². The molecule has 1 aliphatic heterocycles. The van der Waals surface area contributed by atoms with Crippen molar-refractivity contribution in [3.63, 3.8) is 0 Å². The number of hydrogen-bond donors (Lipinski definition) is 1. The molecule has 0 aromatic heterocycles. The van der Waals surface area contributed by atoms with E-state index in [1.807, 2.05) is 73.7 Å². The molecule has 2 aliphatic rings. The monoisotopic (exact) mass is 418 g/mol. The lowest BCUT2D eigenvalue weighted by molar-refractivity contribution is -0.137. The van der Waals surface area contributed by atoms with Gasteiger partial charge in [0, 0.05) is 11.7 Å². The average molecular weight is 419 g/mol. The number of amides is 2. The number of carbonyl (C=O) groups is 2. The Morgan fingerprint density at radius 1 is 1.10 bits per heavy atom. The van der Waals surface area contributed by atoms with Crippen molar-refractivity contribution in [2.75, 3.05) is 11.5 Å². The Labute approximate surface area is 184 Å². The summed E-state index contributed by atoms with van der Waals surface area (Å²) in [6, 6.07) is 17.4. The molecule has 1 saturated carbocycles. The van der Waals surface area contributed by atoms with E-state index in [0.29, 0.717) is 12.3 Å². The zero-order valence-electron chi connectivity index (χ0n) is 18.0. The van der Waals surface area contributed by atoms with Crippen LogP contribution in [0.3, 0.4) is 0 Å². The van der Waals surface area contributed by atoms with Gasteiger partial charge in [0.05, 0.1) is 13.0 Å². The van der Waals surface area contributed by atoms with E-state index in [9.17, 15) is 9.59 Å². The Hall–Kier alpha value is -3.08. The van der Waals surface area contributed by atoms with Crippen molar-refractivity contribution in [3.8, 4) is 5.75 Å². The second kappa shape index (κ2) is 9.38. The minimum atomic E-state index is -1.02. The van der Waals surface area contributed by atoms with Crippen molar-refractivity contribution < 1.29 is 14.3 Å². The summed E-state index contributed by atoms with van der Waals surface area (Å²) in [6.07, 6.45) is 9.50. The molecular formula is C26H30N2O3. The number of nitrogens with one attached hydrogen (secondary N) is 1. The minimum Gasteiger partial charge on any atom is -0.494 e. The highest BCUT2D eigenvalue weighted by molar-refractivity contribution is 6.15. The highest BCUT2D eigenvalue weighted by Crippen LogP contribution is 2.40. The van der Waals surface area contributed by atoms with Crippen molar-refractivity contribution in [2.45, 2.75) is 57.0 Å². The van der Waals surface area contributed by atoms with Crippen LogP contribution in [0.25, 0.3) is 6.08 Å². The molecule has 2 aromatic carbocycles. The number of ether oxygens (including phenoxy) is 1. The number of hydrogen-bond acceptors (Lipinski definition) is 3. The van der Waals surface area contributed by atoms with E-state index in [2.05, 4.69) is 5.32 Å². The maximum atomic E-state index is 13.6. The molecule has 5 nitrogen and oxygen atoms in total. The summed E-state index contributed by atoms with van der Waals surface area (Å²) in [5, 5.41) is 3.24. The average Bonchev–Trinajstić information content (AvgIpc) is 2.79. The Bertz CT molecular complexity index is 933. The number of rotatable bonds is 7. The van der Waals surface area contributed by atoms with Crippen LogP contribution in [-0.2, 0) is 9.59 Å². The number of benzene rings is 2. The largest absolute Gasteiger partial charge is 0.494 e. The summed E-state index contributed by atoms with van der Waals surface area (Å²) < 4.78 is 5.53. The molecule has 1 heterocycles. The van der Waals surface area contributed by atoms with Crippen LogP contribution in [0, 0.1) is 0 Å². The molecular weight excluding hydrogens is 388 g/mol. The van der Waals surface area contributed by atoms with E-state index in [4.69, 9.17) is 4.74 Å². The molecule has 2 fully saturated rings. The molecule has 0 radical (unpaired) electrons. The van der Waals surface area contributed by atoms with Gasteiger partial charge in [-0.25, -0.2) is 0 Å². The van der Waals surface area contributed by atoms with E-state index in [1.54, 1.807) is 4.90 Å². The van der Waals surface area contributed by atoms with Crippen LogP contribution >= 0.6 is 0 Å². The second-order valence-electron chi connectivity index (χ2n) is 8.31. The van der Waals surface area contributed by atoms with Crippen molar-refractivity contribution in [1.82, 2.24) is 5.32 Å². The van der Waals surface area contributed by atoms with Crippen molar-refractivity contribution in [2.24, 2.45) is 0 Å². The molecule has 5 heteroatoms. The highest BCUT2D eigenvalue weighted by Gasteiger charge is 2.55.